The summed E-state index contributed by atoms with van der Waals surface area (Å²) in [5, 5.41) is 0. The molecule has 0 N–H and O–H groups in total. The van der Waals surface area contributed by atoms with Gasteiger partial charge in [-0.3, -0.25) is 0 Å². The maximum atomic E-state index is 2.56. The molecular formula is C37H25GeN. The molecule has 3 heterocycles. The molecule has 0 aromatic heterocycles. The number of para-hydroxylation sites is 2. The SMILES string of the molecule is c1ccc2c(c1)Cc1ccccc1N2c1ccc2[c](c1)[Ge]1([c]3ccccc3-c3cccc[c]31)[c]1ccccc1-2. The Hall–Kier alpha value is -4.34. The molecule has 0 bridgehead atoms. The van der Waals surface area contributed by atoms with Crippen molar-refractivity contribution in [3.63, 3.8) is 0 Å². The Balaban J connectivity index is 1.37. The van der Waals surface area contributed by atoms with Gasteiger partial charge in [-0.25, -0.2) is 0 Å². The van der Waals surface area contributed by atoms with Gasteiger partial charge in [-0.2, -0.15) is 0 Å². The molecule has 1 nitrogen and oxygen atoms in total. The topological polar surface area (TPSA) is 3.24 Å². The van der Waals surface area contributed by atoms with Crippen LogP contribution in [0.15, 0.2) is 140 Å². The van der Waals surface area contributed by atoms with E-state index in [0.29, 0.717) is 0 Å². The molecular weight excluding hydrogens is 531 g/mol. The van der Waals surface area contributed by atoms with Gasteiger partial charge in [0.2, 0.25) is 0 Å². The molecule has 0 saturated carbocycles. The number of rotatable bonds is 1. The molecule has 0 atom stereocenters. The first-order valence-electron chi connectivity index (χ1n) is 13.8. The van der Waals surface area contributed by atoms with Gasteiger partial charge in [-0.1, -0.05) is 0 Å². The van der Waals surface area contributed by atoms with E-state index in [-0.39, 0.29) is 0 Å². The van der Waals surface area contributed by atoms with Crippen molar-refractivity contribution < 1.29 is 0 Å². The van der Waals surface area contributed by atoms with E-state index >= 15 is 0 Å². The fourth-order valence-electron chi connectivity index (χ4n) is 7.59. The second-order valence-electron chi connectivity index (χ2n) is 10.9. The van der Waals surface area contributed by atoms with Crippen LogP contribution < -0.4 is 22.5 Å². The van der Waals surface area contributed by atoms with Crippen LogP contribution in [0.1, 0.15) is 11.1 Å². The summed E-state index contributed by atoms with van der Waals surface area (Å²) in [4.78, 5) is 2.50. The van der Waals surface area contributed by atoms with Gasteiger partial charge in [-0.15, -0.1) is 0 Å². The molecule has 1 spiro atoms. The average Bonchev–Trinajstić information content (AvgIpc) is 3.47. The predicted octanol–water partition coefficient (Wildman–Crippen LogP) is 6.40. The second-order valence-corrected chi connectivity index (χ2v) is 18.6. The second kappa shape index (κ2) is 7.84. The Morgan fingerprint density at radius 1 is 0.410 bits per heavy atom. The van der Waals surface area contributed by atoms with Crippen LogP contribution in [-0.4, -0.2) is 13.3 Å². The summed E-state index contributed by atoms with van der Waals surface area (Å²) < 4.78 is 6.27. The van der Waals surface area contributed by atoms with Crippen LogP contribution >= 0.6 is 0 Å². The zero-order valence-corrected chi connectivity index (χ0v) is 23.5. The molecule has 0 fully saturated rings. The van der Waals surface area contributed by atoms with Crippen molar-refractivity contribution >= 4 is 47.9 Å². The van der Waals surface area contributed by atoms with Crippen LogP contribution in [0.3, 0.4) is 0 Å². The summed E-state index contributed by atoms with van der Waals surface area (Å²) in [6.07, 6.45) is 0.974. The standard InChI is InChI=1S/C37H25GeN/c1-9-19-36-25(11-1)23-26-12-2-10-20-37(26)39(36)27-21-22-31-30-15-5-8-18-34(30)38(35(31)24-27)32-16-6-3-13-28(32)29-14-4-7-17-33(29)38/h1-22,24H,23H2. The summed E-state index contributed by atoms with van der Waals surface area (Å²) in [6, 6.07) is 52.8. The number of benzene rings is 6. The minimum absolute atomic E-state index is 0.974. The number of hydrogen-bond acceptors (Lipinski definition) is 1. The minimum atomic E-state index is -3.20. The third-order valence-corrected chi connectivity index (χ3v) is 19.5. The Bertz CT molecular complexity index is 1860. The number of hydrogen-bond donors (Lipinski definition) is 0. The van der Waals surface area contributed by atoms with Crippen LogP contribution in [0, 0.1) is 0 Å². The van der Waals surface area contributed by atoms with Gasteiger partial charge in [0.1, 0.15) is 0 Å². The fraction of sp³-hybridized carbons (Fsp3) is 0.0270. The van der Waals surface area contributed by atoms with Gasteiger partial charge in [0.15, 0.2) is 0 Å². The number of nitrogens with zero attached hydrogens (tertiary/aromatic N) is 1. The fourth-order valence-corrected chi connectivity index (χ4v) is 19.4. The van der Waals surface area contributed by atoms with Gasteiger partial charge < -0.3 is 0 Å². The Morgan fingerprint density at radius 3 is 1.38 bits per heavy atom. The van der Waals surface area contributed by atoms with E-state index in [0.717, 1.165) is 6.42 Å². The average molecular weight is 556 g/mol. The van der Waals surface area contributed by atoms with Gasteiger partial charge in [-0.05, 0) is 0 Å². The van der Waals surface area contributed by atoms with E-state index < -0.39 is 13.3 Å². The monoisotopic (exact) mass is 557 g/mol. The zero-order valence-electron chi connectivity index (χ0n) is 21.4. The molecule has 39 heavy (non-hydrogen) atoms. The van der Waals surface area contributed by atoms with Crippen LogP contribution in [0.25, 0.3) is 22.3 Å². The molecule has 0 radical (unpaired) electrons. The van der Waals surface area contributed by atoms with Gasteiger partial charge >= 0.3 is 232 Å². The third-order valence-electron chi connectivity index (χ3n) is 9.08. The van der Waals surface area contributed by atoms with Gasteiger partial charge in [0.25, 0.3) is 0 Å². The van der Waals surface area contributed by atoms with E-state index in [1.54, 1.807) is 17.6 Å². The first-order chi connectivity index (χ1) is 19.4. The molecule has 6 aromatic rings. The maximum absolute atomic E-state index is 3.20. The Kier molecular flexibility index (Phi) is 4.34. The van der Waals surface area contributed by atoms with Gasteiger partial charge in [0.05, 0.1) is 0 Å². The quantitative estimate of drug-likeness (QED) is 0.212. The van der Waals surface area contributed by atoms with Crippen molar-refractivity contribution in [1.82, 2.24) is 0 Å². The molecule has 6 aromatic carbocycles. The normalized spacial score (nSPS) is 14.7. The first kappa shape index (κ1) is 21.6. The van der Waals surface area contributed by atoms with Crippen LogP contribution in [0.5, 0.6) is 0 Å². The molecule has 182 valence electrons. The predicted molar refractivity (Wildman–Crippen MR) is 166 cm³/mol. The summed E-state index contributed by atoms with van der Waals surface area (Å²) in [7, 11) is 0. The van der Waals surface area contributed by atoms with Crippen molar-refractivity contribution in [2.24, 2.45) is 0 Å². The van der Waals surface area contributed by atoms with Crippen molar-refractivity contribution in [3.8, 4) is 22.3 Å². The Morgan fingerprint density at radius 2 is 0.846 bits per heavy atom. The molecule has 0 amide bonds. The van der Waals surface area contributed by atoms with E-state index in [4.69, 9.17) is 0 Å². The van der Waals surface area contributed by atoms with Crippen LogP contribution in [0.4, 0.5) is 17.1 Å². The summed E-state index contributed by atoms with van der Waals surface area (Å²) in [5.41, 5.74) is 12.3. The number of anilines is 3. The van der Waals surface area contributed by atoms with Crippen molar-refractivity contribution in [3.05, 3.63) is 151 Å². The van der Waals surface area contributed by atoms with E-state index in [1.807, 2.05) is 0 Å². The van der Waals surface area contributed by atoms with Crippen molar-refractivity contribution in [1.29, 1.82) is 0 Å². The zero-order chi connectivity index (χ0) is 25.6. The molecule has 2 heteroatoms. The number of fused-ring (bicyclic) bond motifs is 12. The molecule has 0 saturated heterocycles. The van der Waals surface area contributed by atoms with E-state index in [1.165, 1.54) is 50.4 Å². The summed E-state index contributed by atoms with van der Waals surface area (Å²) in [6.45, 7) is 0. The molecule has 3 aliphatic heterocycles. The molecule has 3 aliphatic rings. The summed E-state index contributed by atoms with van der Waals surface area (Å²) in [5.74, 6) is 0. The molecule has 0 aliphatic carbocycles. The van der Waals surface area contributed by atoms with E-state index in [2.05, 4.69) is 144 Å². The van der Waals surface area contributed by atoms with Gasteiger partial charge in [0, 0.05) is 0 Å². The van der Waals surface area contributed by atoms with Crippen molar-refractivity contribution in [2.45, 2.75) is 6.42 Å². The van der Waals surface area contributed by atoms with E-state index in [9.17, 15) is 0 Å². The first-order valence-corrected chi connectivity index (χ1v) is 17.9. The van der Waals surface area contributed by atoms with Crippen LogP contribution in [-0.2, 0) is 6.42 Å². The third kappa shape index (κ3) is 2.71. The molecule has 9 rings (SSSR count). The van der Waals surface area contributed by atoms with Crippen LogP contribution in [0.2, 0.25) is 0 Å². The Labute approximate surface area is 231 Å². The molecule has 0 unspecified atom stereocenters. The summed E-state index contributed by atoms with van der Waals surface area (Å²) >= 11 is -3.20. The van der Waals surface area contributed by atoms with Crippen molar-refractivity contribution in [2.75, 3.05) is 4.90 Å².